The van der Waals surface area contributed by atoms with E-state index in [0.717, 1.165) is 18.9 Å². The third kappa shape index (κ3) is 8.46. The van der Waals surface area contributed by atoms with Crippen molar-refractivity contribution in [2.45, 2.75) is 52.7 Å². The highest BCUT2D eigenvalue weighted by atomic mass is 19.1. The predicted octanol–water partition coefficient (Wildman–Crippen LogP) is 4.76. The molecule has 2 aromatic rings. The van der Waals surface area contributed by atoms with Gasteiger partial charge in [0.15, 0.2) is 5.78 Å². The summed E-state index contributed by atoms with van der Waals surface area (Å²) >= 11 is 0. The molecule has 0 atom stereocenters. The summed E-state index contributed by atoms with van der Waals surface area (Å²) in [5, 5.41) is 2.92. The van der Waals surface area contributed by atoms with Crippen LogP contribution < -0.4 is 11.1 Å². The van der Waals surface area contributed by atoms with Gasteiger partial charge < -0.3 is 20.5 Å². The molecule has 0 saturated heterocycles. The molecule has 0 spiro atoms. The van der Waals surface area contributed by atoms with E-state index in [1.165, 1.54) is 30.3 Å². The Morgan fingerprint density at radius 2 is 1.41 bits per heavy atom. The highest BCUT2D eigenvalue weighted by molar-refractivity contribution is 5.92. The van der Waals surface area contributed by atoms with Crippen LogP contribution in [0.5, 0.6) is 0 Å². The van der Waals surface area contributed by atoms with Crippen molar-refractivity contribution in [1.82, 2.24) is 0 Å². The van der Waals surface area contributed by atoms with Crippen LogP contribution in [0, 0.1) is 17.6 Å². The molecule has 2 aromatic carbocycles. The quantitative estimate of drug-likeness (QED) is 0.418. The molecule has 7 nitrogen and oxygen atoms in total. The largest absolute Gasteiger partial charge is 0.459 e. The summed E-state index contributed by atoms with van der Waals surface area (Å²) in [5.41, 5.74) is 6.05. The van der Waals surface area contributed by atoms with E-state index in [1.54, 1.807) is 27.7 Å². The molecule has 1 aliphatic rings. The summed E-state index contributed by atoms with van der Waals surface area (Å²) in [4.78, 5) is 34.6. The minimum atomic E-state index is -0.699. The van der Waals surface area contributed by atoms with Crippen molar-refractivity contribution < 1.29 is 32.6 Å². The smallest absolute Gasteiger partial charge is 0.341 e. The average molecular weight is 477 g/mol. The summed E-state index contributed by atoms with van der Waals surface area (Å²) in [6, 6.07) is 7.87. The number of ketones is 1. The Morgan fingerprint density at radius 1 is 0.912 bits per heavy atom. The fourth-order valence-corrected chi connectivity index (χ4v) is 2.78. The Bertz CT molecular complexity index is 1040. The van der Waals surface area contributed by atoms with E-state index in [1.807, 2.05) is 0 Å². The minimum Gasteiger partial charge on any atom is -0.459 e. The molecule has 0 aliphatic heterocycles. The summed E-state index contributed by atoms with van der Waals surface area (Å²) < 4.78 is 36.5. The van der Waals surface area contributed by atoms with Crippen LogP contribution >= 0.6 is 0 Å². The average Bonchev–Trinajstić information content (AvgIpc) is 3.59. The van der Waals surface area contributed by atoms with Crippen molar-refractivity contribution in [2.24, 2.45) is 5.92 Å². The maximum Gasteiger partial charge on any atom is 0.341 e. The molecular formula is C25H30F2N2O5. The van der Waals surface area contributed by atoms with Gasteiger partial charge in [0.2, 0.25) is 0 Å². The van der Waals surface area contributed by atoms with Crippen LogP contribution in [0.25, 0.3) is 0 Å². The number of Topliss-reactive ketones (excluding diaryl/α,β-unsaturated/α-hetero) is 1. The van der Waals surface area contributed by atoms with E-state index in [4.69, 9.17) is 15.2 Å². The number of carbonyl (C=O) groups is 3. The number of hydrogen-bond donors (Lipinski definition) is 2. The first kappa shape index (κ1) is 26.8. The normalized spacial score (nSPS) is 12.6. The molecule has 0 radical (unpaired) electrons. The zero-order valence-corrected chi connectivity index (χ0v) is 19.7. The molecule has 34 heavy (non-hydrogen) atoms. The van der Waals surface area contributed by atoms with E-state index in [9.17, 15) is 23.2 Å². The SMILES string of the molecule is CC(C)OC(=O)c1cc(N)ccc1F.CC(C)OC(=O)c1cc(NCC(=O)C2CC2)ccc1F. The van der Waals surface area contributed by atoms with Gasteiger partial charge in [0.1, 0.15) is 11.6 Å². The molecular weight excluding hydrogens is 446 g/mol. The fraction of sp³-hybridized carbons (Fsp3) is 0.400. The number of hydrogen-bond acceptors (Lipinski definition) is 7. The second kappa shape index (κ2) is 12.1. The second-order valence-corrected chi connectivity index (χ2v) is 8.44. The number of ether oxygens (including phenoxy) is 2. The number of nitrogens with two attached hydrogens (primary N) is 1. The van der Waals surface area contributed by atoms with E-state index < -0.39 is 23.6 Å². The van der Waals surface area contributed by atoms with Gasteiger partial charge in [0.05, 0.1) is 29.9 Å². The van der Waals surface area contributed by atoms with E-state index >= 15 is 0 Å². The Labute approximate surface area is 197 Å². The summed E-state index contributed by atoms with van der Waals surface area (Å²) in [6.07, 6.45) is 1.32. The lowest BCUT2D eigenvalue weighted by Crippen LogP contribution is -2.17. The van der Waals surface area contributed by atoms with Crippen molar-refractivity contribution >= 4 is 29.1 Å². The van der Waals surface area contributed by atoms with Gasteiger partial charge in [-0.15, -0.1) is 0 Å². The van der Waals surface area contributed by atoms with Crippen molar-refractivity contribution in [3.05, 3.63) is 59.2 Å². The first-order valence-corrected chi connectivity index (χ1v) is 11.0. The van der Waals surface area contributed by atoms with Crippen LogP contribution in [-0.2, 0) is 14.3 Å². The van der Waals surface area contributed by atoms with Gasteiger partial charge >= 0.3 is 11.9 Å². The maximum absolute atomic E-state index is 13.6. The fourth-order valence-electron chi connectivity index (χ4n) is 2.78. The van der Waals surface area contributed by atoms with Crippen molar-refractivity contribution in [3.8, 4) is 0 Å². The van der Waals surface area contributed by atoms with E-state index in [-0.39, 0.29) is 41.6 Å². The van der Waals surface area contributed by atoms with E-state index in [0.29, 0.717) is 11.4 Å². The standard InChI is InChI=1S/C15H18FNO3.C10H12FNO2/c1-9(2)20-15(19)12-7-11(5-6-13(12)16)17-8-14(18)10-3-4-10;1-6(2)14-10(13)8-5-7(12)3-4-9(8)11/h5-7,9-10,17H,3-4,8H2,1-2H3;3-6H,12H2,1-2H3. The molecule has 1 aliphatic carbocycles. The molecule has 0 amide bonds. The van der Waals surface area contributed by atoms with Gasteiger partial charge in [-0.1, -0.05) is 0 Å². The van der Waals surface area contributed by atoms with Crippen LogP contribution in [0.3, 0.4) is 0 Å². The Hall–Kier alpha value is -3.49. The number of esters is 2. The monoisotopic (exact) mass is 476 g/mol. The lowest BCUT2D eigenvalue weighted by atomic mass is 10.1. The van der Waals surface area contributed by atoms with Gasteiger partial charge in [0.25, 0.3) is 0 Å². The third-order valence-electron chi connectivity index (χ3n) is 4.58. The molecule has 0 heterocycles. The minimum absolute atomic E-state index is 0.123. The lowest BCUT2D eigenvalue weighted by molar-refractivity contribution is -0.118. The van der Waals surface area contributed by atoms with Gasteiger partial charge in [-0.2, -0.15) is 0 Å². The number of carbonyl (C=O) groups excluding carboxylic acids is 3. The Balaban J connectivity index is 0.000000257. The van der Waals surface area contributed by atoms with Gasteiger partial charge in [-0.25, -0.2) is 18.4 Å². The number of rotatable bonds is 8. The first-order chi connectivity index (χ1) is 16.0. The number of anilines is 2. The van der Waals surface area contributed by atoms with Crippen molar-refractivity contribution in [2.75, 3.05) is 17.6 Å². The molecule has 0 aromatic heterocycles. The van der Waals surface area contributed by atoms with Crippen LogP contribution in [0.4, 0.5) is 20.2 Å². The van der Waals surface area contributed by atoms with Crippen LogP contribution in [0.2, 0.25) is 0 Å². The summed E-state index contributed by atoms with van der Waals surface area (Å²) in [5.74, 6) is -2.31. The molecule has 1 saturated carbocycles. The number of nitrogens with one attached hydrogen (secondary N) is 1. The molecule has 184 valence electrons. The molecule has 9 heteroatoms. The predicted molar refractivity (Wildman–Crippen MR) is 125 cm³/mol. The zero-order chi connectivity index (χ0) is 25.4. The zero-order valence-electron chi connectivity index (χ0n) is 19.7. The van der Waals surface area contributed by atoms with Crippen LogP contribution in [0.1, 0.15) is 61.3 Å². The van der Waals surface area contributed by atoms with Gasteiger partial charge in [-0.05, 0) is 76.9 Å². The number of nitrogen functional groups attached to an aromatic ring is 1. The second-order valence-electron chi connectivity index (χ2n) is 8.44. The Kier molecular flexibility index (Phi) is 9.53. The Morgan fingerprint density at radius 3 is 1.91 bits per heavy atom. The van der Waals surface area contributed by atoms with Crippen molar-refractivity contribution in [1.29, 1.82) is 0 Å². The maximum atomic E-state index is 13.6. The van der Waals surface area contributed by atoms with Gasteiger partial charge in [0, 0.05) is 17.3 Å². The lowest BCUT2D eigenvalue weighted by Gasteiger charge is -2.11. The topological polar surface area (TPSA) is 108 Å². The van der Waals surface area contributed by atoms with Crippen LogP contribution in [0.15, 0.2) is 36.4 Å². The third-order valence-corrected chi connectivity index (χ3v) is 4.58. The number of halogens is 2. The van der Waals surface area contributed by atoms with E-state index in [2.05, 4.69) is 5.32 Å². The molecule has 3 N–H and O–H groups in total. The highest BCUT2D eigenvalue weighted by Crippen LogP contribution is 2.29. The van der Waals surface area contributed by atoms with Crippen molar-refractivity contribution in [3.63, 3.8) is 0 Å². The molecule has 1 fully saturated rings. The summed E-state index contributed by atoms with van der Waals surface area (Å²) in [6.45, 7) is 7.00. The molecule has 3 rings (SSSR count). The number of benzene rings is 2. The van der Waals surface area contributed by atoms with Gasteiger partial charge in [-0.3, -0.25) is 4.79 Å². The summed E-state index contributed by atoms with van der Waals surface area (Å²) in [7, 11) is 0. The molecule has 0 bridgehead atoms. The highest BCUT2D eigenvalue weighted by Gasteiger charge is 2.28. The first-order valence-electron chi connectivity index (χ1n) is 11.0. The molecule has 0 unspecified atom stereocenters. The van der Waals surface area contributed by atoms with Crippen LogP contribution in [-0.4, -0.2) is 36.5 Å².